The minimum absolute atomic E-state index is 0.587. The zero-order valence-corrected chi connectivity index (χ0v) is 13.0. The van der Waals surface area contributed by atoms with Crippen LogP contribution < -0.4 is 10.2 Å². The molecule has 1 atom stereocenters. The number of fused-ring (bicyclic) bond motifs is 1. The van der Waals surface area contributed by atoms with Crippen molar-refractivity contribution in [2.75, 3.05) is 24.5 Å². The Bertz CT molecular complexity index is 585. The number of hydrogen-bond donors (Lipinski definition) is 1. The van der Waals surface area contributed by atoms with Gasteiger partial charge >= 0.3 is 0 Å². The van der Waals surface area contributed by atoms with E-state index in [-0.39, 0.29) is 0 Å². The molecule has 5 heteroatoms. The fourth-order valence-electron chi connectivity index (χ4n) is 3.18. The monoisotopic (exact) mass is 287 g/mol. The molecule has 1 unspecified atom stereocenters. The summed E-state index contributed by atoms with van der Waals surface area (Å²) in [6.45, 7) is 7.61. The van der Waals surface area contributed by atoms with E-state index < -0.39 is 0 Å². The van der Waals surface area contributed by atoms with Gasteiger partial charge in [-0.3, -0.25) is 0 Å². The van der Waals surface area contributed by atoms with E-state index in [9.17, 15) is 0 Å². The molecule has 0 aliphatic carbocycles. The highest BCUT2D eigenvalue weighted by Crippen LogP contribution is 2.20. The van der Waals surface area contributed by atoms with E-state index in [1.165, 1.54) is 24.8 Å². The van der Waals surface area contributed by atoms with E-state index in [1.54, 1.807) is 6.33 Å². The Hall–Kier alpha value is -1.62. The molecule has 21 heavy (non-hydrogen) atoms. The van der Waals surface area contributed by atoms with Crippen LogP contribution in [0.2, 0.25) is 0 Å². The van der Waals surface area contributed by atoms with Crippen LogP contribution in [0.25, 0.3) is 5.65 Å². The molecule has 0 radical (unpaired) electrons. The number of anilines is 1. The Morgan fingerprint density at radius 2 is 2.29 bits per heavy atom. The summed E-state index contributed by atoms with van der Waals surface area (Å²) in [6, 6.07) is 4.89. The molecule has 1 fully saturated rings. The SMILES string of the molecule is CCCN(CC1CCCCN1)c1cc(C)cc2ncnn12. The number of nitrogens with one attached hydrogen (secondary N) is 1. The molecule has 0 saturated carbocycles. The Kier molecular flexibility index (Phi) is 4.39. The van der Waals surface area contributed by atoms with Crippen molar-refractivity contribution in [1.29, 1.82) is 0 Å². The molecule has 1 aliphatic rings. The molecule has 2 aromatic heterocycles. The van der Waals surface area contributed by atoms with Crippen molar-refractivity contribution in [3.63, 3.8) is 0 Å². The molecular weight excluding hydrogens is 262 g/mol. The molecule has 0 spiro atoms. The molecule has 3 heterocycles. The van der Waals surface area contributed by atoms with Gasteiger partial charge in [0.25, 0.3) is 0 Å². The van der Waals surface area contributed by atoms with Gasteiger partial charge in [0.15, 0.2) is 5.65 Å². The maximum atomic E-state index is 4.40. The maximum absolute atomic E-state index is 4.40. The number of hydrogen-bond acceptors (Lipinski definition) is 4. The van der Waals surface area contributed by atoms with Crippen molar-refractivity contribution in [2.24, 2.45) is 0 Å². The lowest BCUT2D eigenvalue weighted by Gasteiger charge is -2.32. The zero-order chi connectivity index (χ0) is 14.7. The maximum Gasteiger partial charge on any atom is 0.157 e. The predicted molar refractivity (Wildman–Crippen MR) is 85.9 cm³/mol. The molecule has 1 aliphatic heterocycles. The second kappa shape index (κ2) is 6.43. The lowest BCUT2D eigenvalue weighted by molar-refractivity contribution is 0.398. The van der Waals surface area contributed by atoms with Gasteiger partial charge in [-0.05, 0) is 50.4 Å². The summed E-state index contributed by atoms with van der Waals surface area (Å²) in [7, 11) is 0. The van der Waals surface area contributed by atoms with Crippen LogP contribution in [0.3, 0.4) is 0 Å². The Morgan fingerprint density at radius 3 is 3.05 bits per heavy atom. The molecule has 5 nitrogen and oxygen atoms in total. The van der Waals surface area contributed by atoms with Crippen molar-refractivity contribution < 1.29 is 0 Å². The minimum Gasteiger partial charge on any atom is -0.355 e. The van der Waals surface area contributed by atoms with Crippen LogP contribution in [0, 0.1) is 6.92 Å². The van der Waals surface area contributed by atoms with Crippen LogP contribution in [0.15, 0.2) is 18.5 Å². The third-order valence-corrected chi connectivity index (χ3v) is 4.18. The van der Waals surface area contributed by atoms with Crippen LogP contribution >= 0.6 is 0 Å². The smallest absolute Gasteiger partial charge is 0.157 e. The van der Waals surface area contributed by atoms with Gasteiger partial charge in [0.1, 0.15) is 12.1 Å². The third-order valence-electron chi connectivity index (χ3n) is 4.18. The first-order chi connectivity index (χ1) is 10.3. The van der Waals surface area contributed by atoms with Gasteiger partial charge in [-0.15, -0.1) is 0 Å². The molecule has 114 valence electrons. The van der Waals surface area contributed by atoms with Crippen molar-refractivity contribution in [1.82, 2.24) is 19.9 Å². The summed E-state index contributed by atoms with van der Waals surface area (Å²) in [5, 5.41) is 8.05. The Labute approximate surface area is 126 Å². The van der Waals surface area contributed by atoms with E-state index in [0.29, 0.717) is 6.04 Å². The van der Waals surface area contributed by atoms with Crippen LogP contribution in [0.1, 0.15) is 38.2 Å². The highest BCUT2D eigenvalue weighted by atomic mass is 15.4. The molecule has 0 aromatic carbocycles. The number of aromatic nitrogens is 3. The Balaban J connectivity index is 1.88. The van der Waals surface area contributed by atoms with E-state index >= 15 is 0 Å². The number of aryl methyl sites for hydroxylation is 1. The number of pyridine rings is 1. The molecule has 1 N–H and O–H groups in total. The summed E-state index contributed by atoms with van der Waals surface area (Å²) >= 11 is 0. The first-order valence-corrected chi connectivity index (χ1v) is 8.06. The van der Waals surface area contributed by atoms with Crippen LogP contribution in [-0.2, 0) is 0 Å². The highest BCUT2D eigenvalue weighted by molar-refractivity contribution is 5.53. The lowest BCUT2D eigenvalue weighted by Crippen LogP contribution is -2.44. The number of rotatable bonds is 5. The normalized spacial score (nSPS) is 19.0. The largest absolute Gasteiger partial charge is 0.355 e. The van der Waals surface area contributed by atoms with Crippen molar-refractivity contribution >= 4 is 11.5 Å². The van der Waals surface area contributed by atoms with Crippen molar-refractivity contribution in [3.8, 4) is 0 Å². The van der Waals surface area contributed by atoms with Gasteiger partial charge < -0.3 is 10.2 Å². The summed E-state index contributed by atoms with van der Waals surface area (Å²) in [5.41, 5.74) is 2.17. The quantitative estimate of drug-likeness (QED) is 0.917. The summed E-state index contributed by atoms with van der Waals surface area (Å²) in [4.78, 5) is 6.80. The molecule has 1 saturated heterocycles. The molecule has 3 rings (SSSR count). The third kappa shape index (κ3) is 3.18. The number of piperidine rings is 1. The predicted octanol–water partition coefficient (Wildman–Crippen LogP) is 2.40. The van der Waals surface area contributed by atoms with Gasteiger partial charge in [-0.25, -0.2) is 4.98 Å². The molecular formula is C16H25N5. The van der Waals surface area contributed by atoms with Crippen LogP contribution in [0.5, 0.6) is 0 Å². The van der Waals surface area contributed by atoms with Crippen molar-refractivity contribution in [3.05, 3.63) is 24.0 Å². The van der Waals surface area contributed by atoms with Gasteiger partial charge in [0.05, 0.1) is 0 Å². The second-order valence-electron chi connectivity index (χ2n) is 6.01. The second-order valence-corrected chi connectivity index (χ2v) is 6.01. The van der Waals surface area contributed by atoms with Gasteiger partial charge in [0.2, 0.25) is 0 Å². The van der Waals surface area contributed by atoms with E-state index in [4.69, 9.17) is 0 Å². The lowest BCUT2D eigenvalue weighted by atomic mass is 10.0. The molecule has 0 amide bonds. The van der Waals surface area contributed by atoms with Gasteiger partial charge in [0, 0.05) is 19.1 Å². The topological polar surface area (TPSA) is 45.5 Å². The van der Waals surface area contributed by atoms with Crippen LogP contribution in [0.4, 0.5) is 5.82 Å². The fraction of sp³-hybridized carbons (Fsp3) is 0.625. The summed E-state index contributed by atoms with van der Waals surface area (Å²) in [5.74, 6) is 1.16. The standard InChI is InChI=1S/C16H25N5/c1-3-8-20(11-14-6-4-5-7-17-14)16-10-13(2)9-15-18-12-19-21(15)16/h9-10,12,14,17H,3-8,11H2,1-2H3. The highest BCUT2D eigenvalue weighted by Gasteiger charge is 2.19. The molecule has 0 bridgehead atoms. The summed E-state index contributed by atoms with van der Waals surface area (Å²) < 4.78 is 1.96. The summed E-state index contributed by atoms with van der Waals surface area (Å²) in [6.07, 6.45) is 6.69. The van der Waals surface area contributed by atoms with Gasteiger partial charge in [-0.2, -0.15) is 9.61 Å². The minimum atomic E-state index is 0.587. The van der Waals surface area contributed by atoms with Crippen molar-refractivity contribution in [2.45, 2.75) is 45.6 Å². The number of nitrogens with zero attached hydrogens (tertiary/aromatic N) is 4. The van der Waals surface area contributed by atoms with E-state index in [1.807, 2.05) is 4.52 Å². The molecule has 2 aromatic rings. The van der Waals surface area contributed by atoms with E-state index in [2.05, 4.69) is 46.3 Å². The fourth-order valence-corrected chi connectivity index (χ4v) is 3.18. The average Bonchev–Trinajstić information content (AvgIpc) is 2.95. The Morgan fingerprint density at radius 1 is 1.38 bits per heavy atom. The van der Waals surface area contributed by atoms with Gasteiger partial charge in [-0.1, -0.05) is 13.3 Å². The van der Waals surface area contributed by atoms with Crippen LogP contribution in [-0.4, -0.2) is 40.3 Å². The first-order valence-electron chi connectivity index (χ1n) is 8.06. The average molecular weight is 287 g/mol. The first kappa shape index (κ1) is 14.3. The van der Waals surface area contributed by atoms with E-state index in [0.717, 1.165) is 37.5 Å². The zero-order valence-electron chi connectivity index (χ0n) is 13.0.